The average molecular weight is 444 g/mol. The molecule has 0 bridgehead atoms. The van der Waals surface area contributed by atoms with E-state index in [2.05, 4.69) is 48.5 Å². The van der Waals surface area contributed by atoms with Gasteiger partial charge in [-0.05, 0) is 28.7 Å². The number of hydrogen-bond acceptors (Lipinski definition) is 1. The SMILES string of the molecule is O=C(C[n+]1ccc(Cc2ccccc2)cc1)c1ccc(-c2ccccc2)cc1.[Br-]. The van der Waals surface area contributed by atoms with Crippen molar-refractivity contribution in [3.8, 4) is 11.1 Å². The number of hydrogen-bond donors (Lipinski definition) is 0. The summed E-state index contributed by atoms with van der Waals surface area (Å²) in [5.74, 6) is 0.112. The summed E-state index contributed by atoms with van der Waals surface area (Å²) in [7, 11) is 0. The molecule has 0 amide bonds. The van der Waals surface area contributed by atoms with E-state index in [0.717, 1.165) is 23.1 Å². The number of Topliss-reactive ketones (excluding diaryl/α,β-unsaturated/α-hetero) is 1. The Morgan fingerprint density at radius 3 is 1.76 bits per heavy atom. The van der Waals surface area contributed by atoms with E-state index in [9.17, 15) is 4.79 Å². The van der Waals surface area contributed by atoms with Crippen molar-refractivity contribution in [1.82, 2.24) is 0 Å². The maximum Gasteiger partial charge on any atom is 0.227 e. The molecule has 0 radical (unpaired) electrons. The lowest BCUT2D eigenvalue weighted by atomic mass is 10.0. The molecular formula is C26H22BrNO. The van der Waals surface area contributed by atoms with Crippen LogP contribution in [0.5, 0.6) is 0 Å². The number of nitrogens with zero attached hydrogens (tertiary/aromatic N) is 1. The van der Waals surface area contributed by atoms with Crippen LogP contribution in [0.2, 0.25) is 0 Å². The first kappa shape index (κ1) is 20.7. The molecule has 0 N–H and O–H groups in total. The fraction of sp³-hybridized carbons (Fsp3) is 0.0769. The zero-order valence-electron chi connectivity index (χ0n) is 16.0. The number of rotatable bonds is 6. The normalized spacial score (nSPS) is 10.2. The zero-order valence-corrected chi connectivity index (χ0v) is 17.6. The number of pyridine rings is 1. The molecule has 0 atom stereocenters. The van der Waals surface area contributed by atoms with Crippen LogP contribution in [-0.2, 0) is 13.0 Å². The Kier molecular flexibility index (Phi) is 7.09. The first-order valence-corrected chi connectivity index (χ1v) is 9.48. The molecule has 3 aromatic carbocycles. The zero-order chi connectivity index (χ0) is 19.2. The van der Waals surface area contributed by atoms with E-state index in [1.165, 1.54) is 11.1 Å². The van der Waals surface area contributed by atoms with Crippen molar-refractivity contribution in [3.05, 3.63) is 126 Å². The molecule has 0 aliphatic carbocycles. The number of carbonyl (C=O) groups excluding carboxylic acids is 1. The first-order valence-electron chi connectivity index (χ1n) is 9.48. The molecule has 0 spiro atoms. The van der Waals surface area contributed by atoms with Crippen LogP contribution >= 0.6 is 0 Å². The van der Waals surface area contributed by atoms with E-state index < -0.39 is 0 Å². The molecular weight excluding hydrogens is 422 g/mol. The van der Waals surface area contributed by atoms with E-state index >= 15 is 0 Å². The van der Waals surface area contributed by atoms with Gasteiger partial charge in [0, 0.05) is 17.7 Å². The maximum atomic E-state index is 12.6. The summed E-state index contributed by atoms with van der Waals surface area (Å²) >= 11 is 0. The van der Waals surface area contributed by atoms with Gasteiger partial charge in [0.1, 0.15) is 0 Å². The third-order valence-corrected chi connectivity index (χ3v) is 4.85. The lowest BCUT2D eigenvalue weighted by Gasteiger charge is -2.04. The molecule has 29 heavy (non-hydrogen) atoms. The van der Waals surface area contributed by atoms with Crippen LogP contribution in [-0.4, -0.2) is 5.78 Å². The van der Waals surface area contributed by atoms with Crippen molar-refractivity contribution in [3.63, 3.8) is 0 Å². The van der Waals surface area contributed by atoms with Crippen LogP contribution < -0.4 is 21.5 Å². The van der Waals surface area contributed by atoms with Crippen LogP contribution in [0.15, 0.2) is 109 Å². The summed E-state index contributed by atoms with van der Waals surface area (Å²) in [6.45, 7) is 0.344. The Bertz CT molecular complexity index is 1040. The molecule has 1 heterocycles. The summed E-state index contributed by atoms with van der Waals surface area (Å²) in [5, 5.41) is 0. The average Bonchev–Trinajstić information content (AvgIpc) is 2.76. The van der Waals surface area contributed by atoms with Gasteiger partial charge in [0.25, 0.3) is 0 Å². The van der Waals surface area contributed by atoms with Crippen LogP contribution in [0.3, 0.4) is 0 Å². The lowest BCUT2D eigenvalue weighted by Crippen LogP contribution is -3.00. The van der Waals surface area contributed by atoms with Gasteiger partial charge < -0.3 is 17.0 Å². The molecule has 144 valence electrons. The van der Waals surface area contributed by atoms with E-state index in [1.807, 2.05) is 65.5 Å². The van der Waals surface area contributed by atoms with Gasteiger partial charge in [-0.1, -0.05) is 84.9 Å². The molecule has 0 aliphatic rings. The quantitative estimate of drug-likeness (QED) is 0.330. The van der Waals surface area contributed by atoms with Crippen molar-refractivity contribution in [2.45, 2.75) is 13.0 Å². The Labute approximate surface area is 182 Å². The third-order valence-electron chi connectivity index (χ3n) is 4.85. The van der Waals surface area contributed by atoms with Crippen LogP contribution in [0.25, 0.3) is 11.1 Å². The van der Waals surface area contributed by atoms with Gasteiger partial charge in [0.05, 0.1) is 0 Å². The van der Waals surface area contributed by atoms with Crippen molar-refractivity contribution in [2.24, 2.45) is 0 Å². The van der Waals surface area contributed by atoms with Gasteiger partial charge >= 0.3 is 0 Å². The highest BCUT2D eigenvalue weighted by atomic mass is 79.9. The minimum atomic E-state index is 0. The summed E-state index contributed by atoms with van der Waals surface area (Å²) in [4.78, 5) is 12.6. The Morgan fingerprint density at radius 2 is 1.14 bits per heavy atom. The number of ketones is 1. The van der Waals surface area contributed by atoms with Gasteiger partial charge in [-0.3, -0.25) is 4.79 Å². The Hall–Kier alpha value is -3.04. The van der Waals surface area contributed by atoms with Gasteiger partial charge in [0.15, 0.2) is 12.4 Å². The monoisotopic (exact) mass is 443 g/mol. The molecule has 0 unspecified atom stereocenters. The summed E-state index contributed by atoms with van der Waals surface area (Å²) < 4.78 is 1.93. The summed E-state index contributed by atoms with van der Waals surface area (Å²) in [5.41, 5.74) is 5.54. The van der Waals surface area contributed by atoms with Crippen LogP contribution in [0.4, 0.5) is 0 Å². The smallest absolute Gasteiger partial charge is 0.227 e. The molecule has 4 rings (SSSR count). The second kappa shape index (κ2) is 9.94. The van der Waals surface area contributed by atoms with E-state index in [0.29, 0.717) is 6.54 Å². The van der Waals surface area contributed by atoms with Crippen molar-refractivity contribution < 1.29 is 26.3 Å². The number of aromatic nitrogens is 1. The number of carbonyl (C=O) groups is 1. The topological polar surface area (TPSA) is 20.9 Å². The minimum Gasteiger partial charge on any atom is -1.00 e. The molecule has 3 heteroatoms. The predicted octanol–water partition coefficient (Wildman–Crippen LogP) is 2.12. The highest BCUT2D eigenvalue weighted by Gasteiger charge is 2.12. The summed E-state index contributed by atoms with van der Waals surface area (Å²) in [6.07, 6.45) is 4.86. The standard InChI is InChI=1S/C26H22NO.BrH/c28-26(25-13-11-24(12-14-25)23-9-5-2-6-10-23)20-27-17-15-22(16-18-27)19-21-7-3-1-4-8-21;/h1-18H,19-20H2;1H/q+1;/p-1. The van der Waals surface area contributed by atoms with Crippen LogP contribution in [0, 0.1) is 0 Å². The Morgan fingerprint density at radius 1 is 0.621 bits per heavy atom. The van der Waals surface area contributed by atoms with Gasteiger partial charge in [-0.2, -0.15) is 4.57 Å². The molecule has 1 aromatic heterocycles. The molecule has 0 saturated carbocycles. The molecule has 4 aromatic rings. The fourth-order valence-corrected chi connectivity index (χ4v) is 3.28. The van der Waals surface area contributed by atoms with Gasteiger partial charge in [-0.15, -0.1) is 0 Å². The Balaban J connectivity index is 0.00000240. The van der Waals surface area contributed by atoms with E-state index in [-0.39, 0.29) is 22.8 Å². The second-order valence-corrected chi connectivity index (χ2v) is 6.91. The van der Waals surface area contributed by atoms with Crippen LogP contribution in [0.1, 0.15) is 21.5 Å². The highest BCUT2D eigenvalue weighted by molar-refractivity contribution is 5.95. The molecule has 0 saturated heterocycles. The van der Waals surface area contributed by atoms with E-state index in [4.69, 9.17) is 0 Å². The molecule has 2 nitrogen and oxygen atoms in total. The first-order chi connectivity index (χ1) is 13.8. The van der Waals surface area contributed by atoms with Crippen molar-refractivity contribution in [2.75, 3.05) is 0 Å². The van der Waals surface area contributed by atoms with Gasteiger partial charge in [-0.25, -0.2) is 0 Å². The minimum absolute atomic E-state index is 0. The van der Waals surface area contributed by atoms with Crippen molar-refractivity contribution in [1.29, 1.82) is 0 Å². The van der Waals surface area contributed by atoms with Crippen molar-refractivity contribution >= 4 is 5.78 Å². The number of halogens is 1. The number of benzene rings is 3. The summed E-state index contributed by atoms with van der Waals surface area (Å²) in [6, 6.07) is 32.6. The molecule has 0 aliphatic heterocycles. The largest absolute Gasteiger partial charge is 1.00 e. The predicted molar refractivity (Wildman–Crippen MR) is 112 cm³/mol. The second-order valence-electron chi connectivity index (χ2n) is 6.91. The van der Waals surface area contributed by atoms with E-state index in [1.54, 1.807) is 0 Å². The maximum absolute atomic E-state index is 12.6. The third kappa shape index (κ3) is 5.49. The molecule has 0 fully saturated rings. The highest BCUT2D eigenvalue weighted by Crippen LogP contribution is 2.19. The fourth-order valence-electron chi connectivity index (χ4n) is 3.28. The van der Waals surface area contributed by atoms with Gasteiger partial charge in [0.2, 0.25) is 12.3 Å². The lowest BCUT2D eigenvalue weighted by molar-refractivity contribution is -0.683.